The molecule has 1 atom stereocenters. The van der Waals surface area contributed by atoms with Gasteiger partial charge >= 0.3 is 0 Å². The number of nitrogens with one attached hydrogen (secondary N) is 3. The first kappa shape index (κ1) is 19.4. The van der Waals surface area contributed by atoms with Crippen molar-refractivity contribution < 1.29 is 14.3 Å². The van der Waals surface area contributed by atoms with Crippen LogP contribution in [0.4, 0.5) is 5.69 Å². The van der Waals surface area contributed by atoms with Crippen molar-refractivity contribution in [2.24, 2.45) is 4.99 Å². The van der Waals surface area contributed by atoms with Gasteiger partial charge in [-0.15, -0.1) is 0 Å². The molecular weight excluding hydrogens is 392 g/mol. The maximum atomic E-state index is 12.0. The fourth-order valence-electron chi connectivity index (χ4n) is 3.58. The predicted molar refractivity (Wildman–Crippen MR) is 113 cm³/mol. The smallest absolute Gasteiger partial charge is 0.225 e. The summed E-state index contributed by atoms with van der Waals surface area (Å²) in [7, 11) is 1.72. The van der Waals surface area contributed by atoms with Crippen LogP contribution < -0.4 is 25.4 Å². The van der Waals surface area contributed by atoms with E-state index in [0.717, 1.165) is 16.8 Å². The average Bonchev–Trinajstić information content (AvgIpc) is 2.73. The fourth-order valence-corrected chi connectivity index (χ4v) is 3.86. The molecule has 2 aliphatic heterocycles. The second-order valence-electron chi connectivity index (χ2n) is 6.94. The van der Waals surface area contributed by atoms with Crippen LogP contribution in [-0.4, -0.2) is 38.7 Å². The summed E-state index contributed by atoms with van der Waals surface area (Å²) in [5.74, 6) is 2.03. The van der Waals surface area contributed by atoms with Crippen molar-refractivity contribution in [2.75, 3.05) is 32.1 Å². The van der Waals surface area contributed by atoms with E-state index in [9.17, 15) is 4.79 Å². The third kappa shape index (κ3) is 4.40. The summed E-state index contributed by atoms with van der Waals surface area (Å²) in [5.41, 5.74) is 2.97. The average molecular weight is 415 g/mol. The largest absolute Gasteiger partial charge is 0.486 e. The van der Waals surface area contributed by atoms with Gasteiger partial charge in [-0.1, -0.05) is 29.8 Å². The highest BCUT2D eigenvalue weighted by atomic mass is 35.5. The first-order chi connectivity index (χ1) is 14.1. The van der Waals surface area contributed by atoms with Gasteiger partial charge in [0.05, 0.1) is 5.02 Å². The minimum atomic E-state index is 0.0318. The van der Waals surface area contributed by atoms with E-state index in [1.807, 2.05) is 30.3 Å². The van der Waals surface area contributed by atoms with E-state index in [1.54, 1.807) is 7.05 Å². The molecule has 0 radical (unpaired) electrons. The van der Waals surface area contributed by atoms with E-state index >= 15 is 0 Å². The number of carbonyl (C=O) groups excluding carboxylic acids is 1. The number of hydrogen-bond donors (Lipinski definition) is 3. The number of fused-ring (bicyclic) bond motifs is 2. The van der Waals surface area contributed by atoms with Crippen LogP contribution in [0.2, 0.25) is 5.02 Å². The molecule has 1 unspecified atom stereocenters. The summed E-state index contributed by atoms with van der Waals surface area (Å²) >= 11 is 6.30. The van der Waals surface area contributed by atoms with Crippen molar-refractivity contribution in [3.05, 3.63) is 52.5 Å². The first-order valence-electron chi connectivity index (χ1n) is 9.55. The van der Waals surface area contributed by atoms with Gasteiger partial charge < -0.3 is 25.4 Å². The molecule has 2 aromatic rings. The van der Waals surface area contributed by atoms with Crippen molar-refractivity contribution in [1.82, 2.24) is 10.6 Å². The third-order valence-electron chi connectivity index (χ3n) is 4.96. The fraction of sp³-hybridized carbons (Fsp3) is 0.333. The van der Waals surface area contributed by atoms with Gasteiger partial charge in [-0.25, -0.2) is 0 Å². The summed E-state index contributed by atoms with van der Waals surface area (Å²) in [4.78, 5) is 16.3. The van der Waals surface area contributed by atoms with Gasteiger partial charge in [0.1, 0.15) is 13.2 Å². The summed E-state index contributed by atoms with van der Waals surface area (Å²) in [6.07, 6.45) is 0.443. The van der Waals surface area contributed by atoms with Gasteiger partial charge in [0.25, 0.3) is 0 Å². The number of benzene rings is 2. The number of halogens is 1. The summed E-state index contributed by atoms with van der Waals surface area (Å²) < 4.78 is 11.2. The Labute approximate surface area is 174 Å². The van der Waals surface area contributed by atoms with Gasteiger partial charge in [-0.2, -0.15) is 0 Å². The predicted octanol–water partition coefficient (Wildman–Crippen LogP) is 2.90. The summed E-state index contributed by atoms with van der Waals surface area (Å²) in [6.45, 7) is 2.15. The van der Waals surface area contributed by atoms with E-state index in [-0.39, 0.29) is 11.8 Å². The third-order valence-corrected chi connectivity index (χ3v) is 5.24. The van der Waals surface area contributed by atoms with Crippen LogP contribution in [0.1, 0.15) is 23.5 Å². The highest BCUT2D eigenvalue weighted by Gasteiger charge is 2.24. The number of carbonyl (C=O) groups is 1. The zero-order chi connectivity index (χ0) is 20.2. The minimum absolute atomic E-state index is 0.0318. The van der Waals surface area contributed by atoms with Gasteiger partial charge in [0, 0.05) is 38.2 Å². The molecule has 152 valence electrons. The van der Waals surface area contributed by atoms with Crippen LogP contribution in [0.15, 0.2) is 41.4 Å². The molecule has 0 fully saturated rings. The number of ether oxygens (including phenoxy) is 2. The molecule has 3 N–H and O–H groups in total. The Morgan fingerprint density at radius 3 is 2.93 bits per heavy atom. The van der Waals surface area contributed by atoms with E-state index in [2.05, 4.69) is 27.0 Å². The lowest BCUT2D eigenvalue weighted by molar-refractivity contribution is -0.116. The molecule has 0 spiro atoms. The molecule has 4 rings (SSSR count). The monoisotopic (exact) mass is 414 g/mol. The number of amides is 1. The maximum absolute atomic E-state index is 12.0. The van der Waals surface area contributed by atoms with Crippen LogP contribution in [0.3, 0.4) is 0 Å². The van der Waals surface area contributed by atoms with Crippen LogP contribution in [0, 0.1) is 0 Å². The second kappa shape index (κ2) is 8.61. The molecule has 0 bridgehead atoms. The lowest BCUT2D eigenvalue weighted by Crippen LogP contribution is -2.40. The van der Waals surface area contributed by atoms with E-state index in [1.165, 1.54) is 0 Å². The van der Waals surface area contributed by atoms with Gasteiger partial charge in [0.2, 0.25) is 5.91 Å². The SMILES string of the molecule is CN=C(NCc1cc(Cl)c2c(c1)OCCO2)NCC1CC(=O)Nc2ccccc21. The Bertz CT molecular complexity index is 948. The maximum Gasteiger partial charge on any atom is 0.225 e. The van der Waals surface area contributed by atoms with Crippen LogP contribution in [0.5, 0.6) is 11.5 Å². The molecule has 7 nitrogen and oxygen atoms in total. The standard InChI is InChI=1S/C21H23ClN4O3/c1-23-21(24-11-13-8-16(22)20-18(9-13)28-6-7-29-20)25-12-14-10-19(27)26-17-5-3-2-4-15(14)17/h2-5,8-9,14H,6-7,10-12H2,1H3,(H,26,27)(H2,23,24,25). The summed E-state index contributed by atoms with van der Waals surface area (Å²) in [5, 5.41) is 10.1. The van der Waals surface area contributed by atoms with Crippen molar-refractivity contribution in [1.29, 1.82) is 0 Å². The van der Waals surface area contributed by atoms with Crippen molar-refractivity contribution >= 4 is 29.2 Å². The zero-order valence-electron chi connectivity index (χ0n) is 16.1. The first-order valence-corrected chi connectivity index (χ1v) is 9.93. The Morgan fingerprint density at radius 1 is 1.24 bits per heavy atom. The van der Waals surface area contributed by atoms with Crippen molar-refractivity contribution in [3.63, 3.8) is 0 Å². The molecule has 1 amide bonds. The van der Waals surface area contributed by atoms with Gasteiger partial charge in [-0.3, -0.25) is 9.79 Å². The Kier molecular flexibility index (Phi) is 5.76. The number of para-hydroxylation sites is 1. The van der Waals surface area contributed by atoms with Crippen LogP contribution in [0.25, 0.3) is 0 Å². The highest BCUT2D eigenvalue weighted by molar-refractivity contribution is 6.32. The Morgan fingerprint density at radius 2 is 2.07 bits per heavy atom. The van der Waals surface area contributed by atoms with E-state index < -0.39 is 0 Å². The summed E-state index contributed by atoms with van der Waals surface area (Å²) in [6, 6.07) is 11.7. The van der Waals surface area contributed by atoms with E-state index in [0.29, 0.717) is 55.2 Å². The molecule has 8 heteroatoms. The lowest BCUT2D eigenvalue weighted by atomic mass is 9.90. The number of guanidine groups is 1. The number of anilines is 1. The topological polar surface area (TPSA) is 84.0 Å². The molecule has 0 aromatic heterocycles. The molecule has 2 heterocycles. The molecule has 29 heavy (non-hydrogen) atoms. The highest BCUT2D eigenvalue weighted by Crippen LogP contribution is 2.38. The second-order valence-corrected chi connectivity index (χ2v) is 7.35. The molecule has 0 aliphatic carbocycles. The van der Waals surface area contributed by atoms with Crippen molar-refractivity contribution in [2.45, 2.75) is 18.9 Å². The quantitative estimate of drug-likeness (QED) is 0.529. The van der Waals surface area contributed by atoms with Crippen molar-refractivity contribution in [3.8, 4) is 11.5 Å². The molecular formula is C21H23ClN4O3. The zero-order valence-corrected chi connectivity index (χ0v) is 16.9. The van der Waals surface area contributed by atoms with Gasteiger partial charge in [0.15, 0.2) is 17.5 Å². The molecule has 2 aromatic carbocycles. The Balaban J connectivity index is 1.37. The molecule has 0 saturated carbocycles. The lowest BCUT2D eigenvalue weighted by Gasteiger charge is -2.26. The number of hydrogen-bond acceptors (Lipinski definition) is 4. The number of aliphatic imine (C=N–C) groups is 1. The van der Waals surface area contributed by atoms with Crippen LogP contribution >= 0.6 is 11.6 Å². The Hall–Kier alpha value is -2.93. The minimum Gasteiger partial charge on any atom is -0.486 e. The molecule has 2 aliphatic rings. The number of rotatable bonds is 4. The number of nitrogens with zero attached hydrogens (tertiary/aromatic N) is 1. The van der Waals surface area contributed by atoms with Gasteiger partial charge in [-0.05, 0) is 29.3 Å². The normalized spacial score (nSPS) is 17.9. The van der Waals surface area contributed by atoms with Crippen LogP contribution in [-0.2, 0) is 11.3 Å². The molecule has 0 saturated heterocycles. The van der Waals surface area contributed by atoms with E-state index in [4.69, 9.17) is 21.1 Å².